The molecule has 0 aromatic rings. The van der Waals surface area contributed by atoms with Crippen LogP contribution in [-0.2, 0) is 32.7 Å². The van der Waals surface area contributed by atoms with Gasteiger partial charge in [0.25, 0.3) is 0 Å². The molecule has 0 spiro atoms. The molecule has 0 rings (SSSR count). The van der Waals surface area contributed by atoms with Gasteiger partial charge >= 0.3 is 19.8 Å². The SMILES string of the molecule is CCCC/C=C\CCCCCCCC(=O)OC(COC(=O)CCCCCCCCCCCCCCCC)COP(=O)(O)OCC(O)CO. The molecule has 0 aliphatic rings. The minimum Gasteiger partial charge on any atom is -0.462 e. The van der Waals surface area contributed by atoms with Gasteiger partial charge in [0.05, 0.1) is 19.8 Å². The molecular weight excluding hydrogens is 635 g/mol. The molecule has 3 atom stereocenters. The smallest absolute Gasteiger partial charge is 0.462 e. The third-order valence-corrected chi connectivity index (χ3v) is 9.12. The lowest BCUT2D eigenvalue weighted by atomic mass is 10.0. The van der Waals surface area contributed by atoms with E-state index in [0.29, 0.717) is 12.8 Å². The lowest BCUT2D eigenvalue weighted by molar-refractivity contribution is -0.161. The number of allylic oxidation sites excluding steroid dienone is 2. The second-order valence-electron chi connectivity index (χ2n) is 13.0. The molecule has 0 saturated carbocycles. The van der Waals surface area contributed by atoms with Crippen molar-refractivity contribution >= 4 is 19.8 Å². The summed E-state index contributed by atoms with van der Waals surface area (Å²) >= 11 is 0. The van der Waals surface area contributed by atoms with Crippen LogP contribution in [0.3, 0.4) is 0 Å². The lowest BCUT2D eigenvalue weighted by Gasteiger charge is -2.20. The summed E-state index contributed by atoms with van der Waals surface area (Å²) in [6.07, 6.45) is 29.0. The van der Waals surface area contributed by atoms with E-state index < -0.39 is 51.8 Å². The Labute approximate surface area is 292 Å². The van der Waals surface area contributed by atoms with Gasteiger partial charge in [0.15, 0.2) is 6.10 Å². The third-order valence-electron chi connectivity index (χ3n) is 8.17. The molecule has 284 valence electrons. The molecule has 11 heteroatoms. The highest BCUT2D eigenvalue weighted by Crippen LogP contribution is 2.43. The summed E-state index contributed by atoms with van der Waals surface area (Å²) in [6, 6.07) is 0. The van der Waals surface area contributed by atoms with Gasteiger partial charge in [-0.1, -0.05) is 142 Å². The molecule has 0 aliphatic heterocycles. The van der Waals surface area contributed by atoms with Crippen molar-refractivity contribution in [1.82, 2.24) is 0 Å². The average Bonchev–Trinajstić information content (AvgIpc) is 3.07. The van der Waals surface area contributed by atoms with Gasteiger partial charge in [-0.3, -0.25) is 18.6 Å². The number of phosphoric acid groups is 1. The Kier molecular flexibility index (Phi) is 33.3. The first-order valence-corrected chi connectivity index (χ1v) is 20.6. The first kappa shape index (κ1) is 46.7. The third kappa shape index (κ3) is 33.2. The van der Waals surface area contributed by atoms with Crippen LogP contribution >= 0.6 is 7.82 Å². The van der Waals surface area contributed by atoms with Crippen LogP contribution in [0.5, 0.6) is 0 Å². The topological polar surface area (TPSA) is 149 Å². The second-order valence-corrected chi connectivity index (χ2v) is 14.4. The molecule has 10 nitrogen and oxygen atoms in total. The Morgan fingerprint density at radius 1 is 0.604 bits per heavy atom. The minimum absolute atomic E-state index is 0.177. The predicted octanol–water partition coefficient (Wildman–Crippen LogP) is 9.28. The van der Waals surface area contributed by atoms with E-state index in [0.717, 1.165) is 57.8 Å². The Hall–Kier alpha value is -1.29. The molecule has 0 radical (unpaired) electrons. The highest BCUT2D eigenvalue weighted by molar-refractivity contribution is 7.47. The van der Waals surface area contributed by atoms with Crippen LogP contribution in [0.1, 0.15) is 174 Å². The first-order chi connectivity index (χ1) is 23.2. The molecule has 0 aromatic carbocycles. The van der Waals surface area contributed by atoms with Crippen LogP contribution in [-0.4, -0.2) is 65.7 Å². The van der Waals surface area contributed by atoms with E-state index in [-0.39, 0.29) is 19.4 Å². The van der Waals surface area contributed by atoms with Crippen molar-refractivity contribution in [3.05, 3.63) is 12.2 Å². The highest BCUT2D eigenvalue weighted by Gasteiger charge is 2.27. The molecular formula is C37H71O10P. The number of carbonyl (C=O) groups is 2. The molecule has 0 amide bonds. The summed E-state index contributed by atoms with van der Waals surface area (Å²) in [5.41, 5.74) is 0. The standard InChI is InChI=1S/C37H71O10P/c1-3-5-7-9-11-13-15-16-17-19-20-22-24-26-28-36(40)44-32-35(33-46-48(42,43)45-31-34(39)30-38)47-37(41)29-27-25-23-21-18-14-12-10-8-6-4-2/h10,12,34-35,38-39H,3-9,11,13-33H2,1-2H3,(H,42,43)/b12-10-. The Morgan fingerprint density at radius 3 is 1.56 bits per heavy atom. The van der Waals surface area contributed by atoms with Gasteiger partial charge in [0, 0.05) is 12.8 Å². The van der Waals surface area contributed by atoms with Gasteiger partial charge in [0.2, 0.25) is 0 Å². The summed E-state index contributed by atoms with van der Waals surface area (Å²) in [5.74, 6) is -0.931. The predicted molar refractivity (Wildman–Crippen MR) is 192 cm³/mol. The fraction of sp³-hybridized carbons (Fsp3) is 0.892. The summed E-state index contributed by atoms with van der Waals surface area (Å²) in [5, 5.41) is 18.2. The number of phosphoric ester groups is 1. The summed E-state index contributed by atoms with van der Waals surface area (Å²) in [4.78, 5) is 34.8. The molecule has 0 heterocycles. The number of aliphatic hydroxyl groups excluding tert-OH is 2. The molecule has 3 N–H and O–H groups in total. The number of aliphatic hydroxyl groups is 2. The quantitative estimate of drug-likeness (QED) is 0.0249. The summed E-state index contributed by atoms with van der Waals surface area (Å²) in [6.45, 7) is 2.32. The monoisotopic (exact) mass is 706 g/mol. The Morgan fingerprint density at radius 2 is 1.04 bits per heavy atom. The van der Waals surface area contributed by atoms with Gasteiger partial charge in [0.1, 0.15) is 12.7 Å². The zero-order valence-electron chi connectivity index (χ0n) is 30.5. The maximum absolute atomic E-state index is 12.5. The maximum atomic E-state index is 12.5. The number of carbonyl (C=O) groups excluding carboxylic acids is 2. The summed E-state index contributed by atoms with van der Waals surface area (Å²) < 4.78 is 32.5. The van der Waals surface area contributed by atoms with Crippen LogP contribution in [0.4, 0.5) is 0 Å². The van der Waals surface area contributed by atoms with Gasteiger partial charge in [-0.15, -0.1) is 0 Å². The lowest BCUT2D eigenvalue weighted by Crippen LogP contribution is -2.29. The van der Waals surface area contributed by atoms with Crippen LogP contribution in [0, 0.1) is 0 Å². The normalized spacial score (nSPS) is 14.2. The number of ether oxygens (including phenoxy) is 2. The van der Waals surface area contributed by atoms with E-state index in [2.05, 4.69) is 30.5 Å². The van der Waals surface area contributed by atoms with Crippen LogP contribution < -0.4 is 0 Å². The van der Waals surface area contributed by atoms with Crippen LogP contribution in [0.25, 0.3) is 0 Å². The van der Waals surface area contributed by atoms with E-state index >= 15 is 0 Å². The fourth-order valence-electron chi connectivity index (χ4n) is 5.15. The highest BCUT2D eigenvalue weighted by atomic mass is 31.2. The van der Waals surface area contributed by atoms with Crippen LogP contribution in [0.15, 0.2) is 12.2 Å². The van der Waals surface area contributed by atoms with Gasteiger partial charge in [-0.25, -0.2) is 4.57 Å². The number of esters is 2. The maximum Gasteiger partial charge on any atom is 0.472 e. The van der Waals surface area contributed by atoms with Gasteiger partial charge in [-0.05, 0) is 32.1 Å². The van der Waals surface area contributed by atoms with E-state index in [1.165, 1.54) is 77.0 Å². The zero-order valence-corrected chi connectivity index (χ0v) is 31.4. The average molecular weight is 707 g/mol. The molecule has 48 heavy (non-hydrogen) atoms. The minimum atomic E-state index is -4.61. The van der Waals surface area contributed by atoms with Crippen molar-refractivity contribution in [1.29, 1.82) is 0 Å². The van der Waals surface area contributed by atoms with Crippen molar-refractivity contribution < 1.29 is 47.8 Å². The Balaban J connectivity index is 4.34. The first-order valence-electron chi connectivity index (χ1n) is 19.1. The van der Waals surface area contributed by atoms with Crippen molar-refractivity contribution in [2.45, 2.75) is 187 Å². The largest absolute Gasteiger partial charge is 0.472 e. The molecule has 0 bridgehead atoms. The van der Waals surface area contributed by atoms with Crippen molar-refractivity contribution in [3.8, 4) is 0 Å². The van der Waals surface area contributed by atoms with Crippen molar-refractivity contribution in [2.24, 2.45) is 0 Å². The molecule has 0 aliphatic carbocycles. The molecule has 3 unspecified atom stereocenters. The van der Waals surface area contributed by atoms with Gasteiger partial charge < -0.3 is 24.6 Å². The number of rotatable bonds is 36. The molecule has 0 aromatic heterocycles. The van der Waals surface area contributed by atoms with Gasteiger partial charge in [-0.2, -0.15) is 0 Å². The zero-order chi connectivity index (χ0) is 35.6. The van der Waals surface area contributed by atoms with Crippen LogP contribution in [0.2, 0.25) is 0 Å². The van der Waals surface area contributed by atoms with Crippen molar-refractivity contribution in [2.75, 3.05) is 26.4 Å². The number of unbranched alkanes of at least 4 members (excludes halogenated alkanes) is 20. The molecule has 0 fully saturated rings. The summed E-state index contributed by atoms with van der Waals surface area (Å²) in [7, 11) is -4.61. The van der Waals surface area contributed by atoms with Crippen molar-refractivity contribution in [3.63, 3.8) is 0 Å². The Bertz CT molecular complexity index is 822. The number of hydrogen-bond acceptors (Lipinski definition) is 9. The van der Waals surface area contributed by atoms with E-state index in [9.17, 15) is 24.2 Å². The van der Waals surface area contributed by atoms with E-state index in [1.807, 2.05) is 0 Å². The second kappa shape index (κ2) is 34.2. The molecule has 0 saturated heterocycles. The fourth-order valence-corrected chi connectivity index (χ4v) is 5.94. The van der Waals surface area contributed by atoms with E-state index in [4.69, 9.17) is 19.1 Å². The van der Waals surface area contributed by atoms with E-state index in [1.54, 1.807) is 0 Å². The number of hydrogen-bond donors (Lipinski definition) is 3.